The molecule has 3 nitrogen and oxygen atoms in total. The van der Waals surface area contributed by atoms with E-state index in [-0.39, 0.29) is 6.10 Å². The molecule has 104 valence electrons. The molecule has 0 amide bonds. The number of hydrogen-bond donors (Lipinski definition) is 1. The third-order valence-corrected chi connectivity index (χ3v) is 3.55. The van der Waals surface area contributed by atoms with Crippen LogP contribution in [-0.2, 0) is 6.42 Å². The zero-order valence-electron chi connectivity index (χ0n) is 11.8. The number of ether oxygens (including phenoxy) is 2. The summed E-state index contributed by atoms with van der Waals surface area (Å²) in [5.74, 6) is 1.84. The Hall–Kier alpha value is -2.16. The van der Waals surface area contributed by atoms with Gasteiger partial charge in [0.1, 0.15) is 17.6 Å². The molecule has 1 aliphatic heterocycles. The second-order valence-electron chi connectivity index (χ2n) is 5.18. The lowest BCUT2D eigenvalue weighted by atomic mass is 10.1. The summed E-state index contributed by atoms with van der Waals surface area (Å²) < 4.78 is 11.3. The molecule has 0 fully saturated rings. The van der Waals surface area contributed by atoms with E-state index >= 15 is 0 Å². The minimum atomic E-state index is 0.149. The average Bonchev–Trinajstić information content (AvgIpc) is 2.47. The highest BCUT2D eigenvalue weighted by Gasteiger charge is 2.19. The van der Waals surface area contributed by atoms with Crippen LogP contribution >= 0.6 is 0 Å². The SMILES string of the molecule is COc1cccc(CC2CNc3ccc(C)cc3O2)c1. The predicted molar refractivity (Wildman–Crippen MR) is 80.8 cm³/mol. The number of benzene rings is 2. The Morgan fingerprint density at radius 3 is 3.00 bits per heavy atom. The minimum Gasteiger partial charge on any atom is -0.497 e. The van der Waals surface area contributed by atoms with Gasteiger partial charge >= 0.3 is 0 Å². The molecule has 1 atom stereocenters. The van der Waals surface area contributed by atoms with Crippen LogP contribution < -0.4 is 14.8 Å². The summed E-state index contributed by atoms with van der Waals surface area (Å²) in [4.78, 5) is 0. The number of aryl methyl sites for hydroxylation is 1. The van der Waals surface area contributed by atoms with E-state index < -0.39 is 0 Å². The van der Waals surface area contributed by atoms with Crippen LogP contribution in [0.3, 0.4) is 0 Å². The molecule has 3 heteroatoms. The molecule has 3 rings (SSSR count). The first-order valence-electron chi connectivity index (χ1n) is 6.89. The maximum Gasteiger partial charge on any atom is 0.143 e. The minimum absolute atomic E-state index is 0.149. The molecular weight excluding hydrogens is 250 g/mol. The molecule has 1 aliphatic rings. The van der Waals surface area contributed by atoms with E-state index in [1.807, 2.05) is 12.1 Å². The summed E-state index contributed by atoms with van der Waals surface area (Å²) >= 11 is 0. The number of anilines is 1. The van der Waals surface area contributed by atoms with Crippen LogP contribution in [0.15, 0.2) is 42.5 Å². The van der Waals surface area contributed by atoms with Gasteiger partial charge in [0.25, 0.3) is 0 Å². The average molecular weight is 269 g/mol. The lowest BCUT2D eigenvalue weighted by Gasteiger charge is -2.27. The fourth-order valence-electron chi connectivity index (χ4n) is 2.49. The maximum absolute atomic E-state index is 6.09. The van der Waals surface area contributed by atoms with Crippen molar-refractivity contribution in [2.75, 3.05) is 19.0 Å². The summed E-state index contributed by atoms with van der Waals surface area (Å²) in [6, 6.07) is 14.4. The van der Waals surface area contributed by atoms with Gasteiger partial charge in [-0.25, -0.2) is 0 Å². The van der Waals surface area contributed by atoms with Gasteiger partial charge in [0.05, 0.1) is 19.3 Å². The number of fused-ring (bicyclic) bond motifs is 1. The first kappa shape index (κ1) is 12.9. The van der Waals surface area contributed by atoms with Crippen LogP contribution in [0.25, 0.3) is 0 Å². The van der Waals surface area contributed by atoms with E-state index in [1.54, 1.807) is 7.11 Å². The van der Waals surface area contributed by atoms with E-state index in [4.69, 9.17) is 9.47 Å². The zero-order chi connectivity index (χ0) is 13.9. The Morgan fingerprint density at radius 1 is 1.25 bits per heavy atom. The summed E-state index contributed by atoms with van der Waals surface area (Å²) in [5, 5.41) is 3.43. The van der Waals surface area contributed by atoms with Gasteiger partial charge in [0, 0.05) is 6.42 Å². The number of methoxy groups -OCH3 is 1. The highest BCUT2D eigenvalue weighted by atomic mass is 16.5. The van der Waals surface area contributed by atoms with E-state index in [0.29, 0.717) is 0 Å². The van der Waals surface area contributed by atoms with Crippen molar-refractivity contribution in [2.45, 2.75) is 19.4 Å². The smallest absolute Gasteiger partial charge is 0.143 e. The Labute approximate surface area is 119 Å². The van der Waals surface area contributed by atoms with E-state index in [0.717, 1.165) is 30.2 Å². The van der Waals surface area contributed by atoms with Crippen molar-refractivity contribution in [1.29, 1.82) is 0 Å². The predicted octanol–water partition coefficient (Wildman–Crippen LogP) is 3.42. The van der Waals surface area contributed by atoms with E-state index in [9.17, 15) is 0 Å². The lowest BCUT2D eigenvalue weighted by molar-refractivity contribution is 0.206. The molecule has 0 saturated heterocycles. The molecule has 0 bridgehead atoms. The standard InChI is InChI=1S/C17H19NO2/c1-12-6-7-16-17(8-12)20-15(11-18-16)10-13-4-3-5-14(9-13)19-2/h3-9,15,18H,10-11H2,1-2H3. The van der Waals surface area contributed by atoms with Crippen LogP contribution in [0.2, 0.25) is 0 Å². The largest absolute Gasteiger partial charge is 0.497 e. The first-order valence-corrected chi connectivity index (χ1v) is 6.89. The van der Waals surface area contributed by atoms with Gasteiger partial charge in [0.2, 0.25) is 0 Å². The van der Waals surface area contributed by atoms with Crippen LogP contribution in [0.1, 0.15) is 11.1 Å². The molecule has 2 aromatic carbocycles. The topological polar surface area (TPSA) is 30.5 Å². The molecule has 0 spiro atoms. The summed E-state index contributed by atoms with van der Waals surface area (Å²) in [5.41, 5.74) is 3.53. The van der Waals surface area contributed by atoms with Gasteiger partial charge in [0.15, 0.2) is 0 Å². The van der Waals surface area contributed by atoms with Gasteiger partial charge in [-0.15, -0.1) is 0 Å². The quantitative estimate of drug-likeness (QED) is 0.926. The molecule has 0 aromatic heterocycles. The molecule has 0 radical (unpaired) electrons. The van der Waals surface area contributed by atoms with Gasteiger partial charge in [-0.2, -0.15) is 0 Å². The summed E-state index contributed by atoms with van der Waals surface area (Å²) in [7, 11) is 1.69. The van der Waals surface area contributed by atoms with E-state index in [2.05, 4.69) is 42.6 Å². The fraction of sp³-hybridized carbons (Fsp3) is 0.294. The number of nitrogens with one attached hydrogen (secondary N) is 1. The van der Waals surface area contributed by atoms with Gasteiger partial charge in [-0.05, 0) is 42.3 Å². The molecule has 2 aromatic rings. The number of hydrogen-bond acceptors (Lipinski definition) is 3. The third kappa shape index (κ3) is 2.72. The monoisotopic (exact) mass is 269 g/mol. The van der Waals surface area contributed by atoms with Crippen molar-refractivity contribution >= 4 is 5.69 Å². The van der Waals surface area contributed by atoms with Crippen LogP contribution in [0.5, 0.6) is 11.5 Å². The molecule has 0 saturated carbocycles. The zero-order valence-corrected chi connectivity index (χ0v) is 11.8. The van der Waals surface area contributed by atoms with Crippen LogP contribution in [0.4, 0.5) is 5.69 Å². The van der Waals surface area contributed by atoms with Gasteiger partial charge < -0.3 is 14.8 Å². The fourth-order valence-corrected chi connectivity index (χ4v) is 2.49. The number of rotatable bonds is 3. The Balaban J connectivity index is 1.73. The molecule has 1 unspecified atom stereocenters. The summed E-state index contributed by atoms with van der Waals surface area (Å²) in [6.07, 6.45) is 1.02. The van der Waals surface area contributed by atoms with Crippen LogP contribution in [-0.4, -0.2) is 19.8 Å². The maximum atomic E-state index is 6.09. The van der Waals surface area contributed by atoms with Gasteiger partial charge in [-0.3, -0.25) is 0 Å². The third-order valence-electron chi connectivity index (χ3n) is 3.55. The normalized spacial score (nSPS) is 16.8. The van der Waals surface area contributed by atoms with Crippen molar-refractivity contribution < 1.29 is 9.47 Å². The van der Waals surface area contributed by atoms with Gasteiger partial charge in [-0.1, -0.05) is 18.2 Å². The van der Waals surface area contributed by atoms with E-state index in [1.165, 1.54) is 11.1 Å². The van der Waals surface area contributed by atoms with Crippen molar-refractivity contribution in [2.24, 2.45) is 0 Å². The molecule has 1 heterocycles. The highest BCUT2D eigenvalue weighted by molar-refractivity contribution is 5.59. The Kier molecular flexibility index (Phi) is 3.50. The second-order valence-corrected chi connectivity index (χ2v) is 5.18. The summed E-state index contributed by atoms with van der Waals surface area (Å²) in [6.45, 7) is 2.91. The molecule has 1 N–H and O–H groups in total. The van der Waals surface area contributed by atoms with Crippen molar-refractivity contribution in [3.8, 4) is 11.5 Å². The second kappa shape index (κ2) is 5.45. The van der Waals surface area contributed by atoms with Crippen molar-refractivity contribution in [3.63, 3.8) is 0 Å². The van der Waals surface area contributed by atoms with Crippen molar-refractivity contribution in [3.05, 3.63) is 53.6 Å². The van der Waals surface area contributed by atoms with Crippen molar-refractivity contribution in [1.82, 2.24) is 0 Å². The van der Waals surface area contributed by atoms with Crippen LogP contribution in [0, 0.1) is 6.92 Å². The molecule has 0 aliphatic carbocycles. The Morgan fingerprint density at radius 2 is 2.15 bits per heavy atom. The highest BCUT2D eigenvalue weighted by Crippen LogP contribution is 2.30. The molecule has 20 heavy (non-hydrogen) atoms. The Bertz CT molecular complexity index is 610. The molecular formula is C17H19NO2. The lowest BCUT2D eigenvalue weighted by Crippen LogP contribution is -2.32. The first-order chi connectivity index (χ1) is 9.74.